The van der Waals surface area contributed by atoms with E-state index in [0.717, 1.165) is 33.4 Å². The van der Waals surface area contributed by atoms with Crippen LogP contribution in [0.25, 0.3) is 45.3 Å². The summed E-state index contributed by atoms with van der Waals surface area (Å²) in [5.74, 6) is 2.12. The van der Waals surface area contributed by atoms with Gasteiger partial charge in [-0.2, -0.15) is 0 Å². The molecule has 2 unspecified atom stereocenters. The lowest BCUT2D eigenvalue weighted by Crippen LogP contribution is -1.98. The van der Waals surface area contributed by atoms with Gasteiger partial charge >= 0.3 is 0 Å². The minimum Gasteiger partial charge on any atom is -0.456 e. The number of benzene rings is 4. The molecule has 0 radical (unpaired) electrons. The average molecular weight is 537 g/mol. The lowest BCUT2D eigenvalue weighted by molar-refractivity contribution is 0.377. The Labute approximate surface area is 235 Å². The molecule has 2 aromatic heterocycles. The van der Waals surface area contributed by atoms with Crippen LogP contribution in [-0.2, 0) is 4.74 Å². The summed E-state index contributed by atoms with van der Waals surface area (Å²) in [6.45, 7) is 0. The van der Waals surface area contributed by atoms with Crippen molar-refractivity contribution in [3.63, 3.8) is 0 Å². The van der Waals surface area contributed by atoms with Gasteiger partial charge < -0.3 is 13.6 Å². The maximum atomic E-state index is 12.4. The largest absolute Gasteiger partial charge is 0.456 e. The minimum absolute atomic E-state index is 0.0584. The smallest absolute Gasteiger partial charge is 0.186 e. The zero-order chi connectivity index (χ0) is 27.8. The molecule has 0 saturated carbocycles. The molecule has 0 amide bonds. The molecule has 1 aliphatic heterocycles. The van der Waals surface area contributed by atoms with Crippen LogP contribution in [0, 0.1) is 0 Å². The van der Waals surface area contributed by atoms with Crippen molar-refractivity contribution in [3.8, 4) is 45.3 Å². The number of hydrogen-bond acceptors (Lipinski definition) is 5. The molecule has 4 aromatic carbocycles. The summed E-state index contributed by atoms with van der Waals surface area (Å²) >= 11 is 0. The highest BCUT2D eigenvalue weighted by Gasteiger charge is 2.41. The maximum Gasteiger partial charge on any atom is 0.186 e. The van der Waals surface area contributed by atoms with Crippen LogP contribution in [0.2, 0.25) is 0 Å². The Bertz CT molecular complexity index is 1790. The SMILES string of the molecule is O=c1cc(-c2ccccc2)oc(-c2ccc(C3OC3c3ccc(-c4cc(=O)cc(-c5ccccc5)o4)cc3)cc2)c1. The molecule has 0 bridgehead atoms. The Balaban J connectivity index is 1.08. The van der Waals surface area contributed by atoms with E-state index in [9.17, 15) is 9.59 Å². The van der Waals surface area contributed by atoms with Gasteiger partial charge in [0.25, 0.3) is 0 Å². The van der Waals surface area contributed by atoms with Gasteiger partial charge in [0.2, 0.25) is 0 Å². The Morgan fingerprint density at radius 1 is 0.390 bits per heavy atom. The fraction of sp³-hybridized carbons (Fsp3) is 0.0556. The number of hydrogen-bond donors (Lipinski definition) is 0. The zero-order valence-electron chi connectivity index (χ0n) is 21.9. The molecule has 1 saturated heterocycles. The Kier molecular flexibility index (Phi) is 6.26. The molecular weight excluding hydrogens is 512 g/mol. The van der Waals surface area contributed by atoms with Gasteiger partial charge in [-0.3, -0.25) is 9.59 Å². The highest BCUT2D eigenvalue weighted by atomic mass is 16.6. The summed E-state index contributed by atoms with van der Waals surface area (Å²) in [4.78, 5) is 24.7. The van der Waals surface area contributed by atoms with Crippen LogP contribution in [0.1, 0.15) is 23.3 Å². The van der Waals surface area contributed by atoms with Gasteiger partial charge in [-0.05, 0) is 11.1 Å². The van der Waals surface area contributed by atoms with E-state index in [4.69, 9.17) is 13.6 Å². The predicted octanol–water partition coefficient (Wildman–Crippen LogP) is 8.07. The molecular formula is C36H24O5. The molecule has 7 rings (SSSR count). The van der Waals surface area contributed by atoms with E-state index >= 15 is 0 Å². The van der Waals surface area contributed by atoms with E-state index in [1.54, 1.807) is 0 Å². The first kappa shape index (κ1) is 24.8. The molecule has 198 valence electrons. The second-order valence-electron chi connectivity index (χ2n) is 10.00. The zero-order valence-corrected chi connectivity index (χ0v) is 21.9. The Morgan fingerprint density at radius 2 is 0.707 bits per heavy atom. The van der Waals surface area contributed by atoms with E-state index < -0.39 is 0 Å². The first-order valence-corrected chi connectivity index (χ1v) is 13.4. The van der Waals surface area contributed by atoms with Crippen molar-refractivity contribution in [2.75, 3.05) is 0 Å². The summed E-state index contributed by atoms with van der Waals surface area (Å²) in [5.41, 5.74) is 5.25. The standard InChI is InChI=1S/C36H24O5/c37-29-19-31(23-7-3-1-4-8-23)39-33(21-29)25-11-15-27(16-12-25)35-36(41-35)28-17-13-26(14-18-28)34-22-30(38)20-32(40-34)24-9-5-2-6-10-24/h1-22,35-36H. The summed E-state index contributed by atoms with van der Waals surface area (Å²) in [6.07, 6.45) is -0.117. The normalized spacial score (nSPS) is 15.9. The first-order valence-electron chi connectivity index (χ1n) is 13.4. The molecule has 0 N–H and O–H groups in total. The van der Waals surface area contributed by atoms with E-state index in [2.05, 4.69) is 0 Å². The predicted molar refractivity (Wildman–Crippen MR) is 158 cm³/mol. The molecule has 1 aliphatic rings. The molecule has 0 spiro atoms. The van der Waals surface area contributed by atoms with Crippen LogP contribution < -0.4 is 10.9 Å². The summed E-state index contributed by atoms with van der Waals surface area (Å²) in [6, 6.07) is 41.0. The van der Waals surface area contributed by atoms with Crippen molar-refractivity contribution in [2.45, 2.75) is 12.2 Å². The van der Waals surface area contributed by atoms with Gasteiger partial charge in [0.15, 0.2) is 10.9 Å². The van der Waals surface area contributed by atoms with Crippen molar-refractivity contribution in [1.29, 1.82) is 0 Å². The molecule has 1 fully saturated rings. The third-order valence-electron chi connectivity index (χ3n) is 7.19. The van der Waals surface area contributed by atoms with E-state index in [1.165, 1.54) is 24.3 Å². The molecule has 5 nitrogen and oxygen atoms in total. The van der Waals surface area contributed by atoms with E-state index in [1.807, 2.05) is 109 Å². The van der Waals surface area contributed by atoms with Gasteiger partial charge in [-0.25, -0.2) is 0 Å². The van der Waals surface area contributed by atoms with Crippen LogP contribution in [0.15, 0.2) is 152 Å². The van der Waals surface area contributed by atoms with Crippen molar-refractivity contribution in [1.82, 2.24) is 0 Å². The molecule has 3 heterocycles. The second kappa shape index (κ2) is 10.4. The van der Waals surface area contributed by atoms with Gasteiger partial charge in [0, 0.05) is 46.5 Å². The third-order valence-corrected chi connectivity index (χ3v) is 7.19. The van der Waals surface area contributed by atoms with Crippen molar-refractivity contribution < 1.29 is 13.6 Å². The van der Waals surface area contributed by atoms with Crippen LogP contribution in [0.4, 0.5) is 0 Å². The fourth-order valence-corrected chi connectivity index (χ4v) is 5.02. The maximum absolute atomic E-state index is 12.4. The fourth-order valence-electron chi connectivity index (χ4n) is 5.02. The molecule has 2 atom stereocenters. The molecule has 0 aliphatic carbocycles. The summed E-state index contributed by atoms with van der Waals surface area (Å²) < 4.78 is 18.2. The van der Waals surface area contributed by atoms with E-state index in [0.29, 0.717) is 23.0 Å². The topological polar surface area (TPSA) is 73.0 Å². The third kappa shape index (κ3) is 5.19. The summed E-state index contributed by atoms with van der Waals surface area (Å²) in [7, 11) is 0. The second-order valence-corrected chi connectivity index (χ2v) is 10.00. The van der Waals surface area contributed by atoms with Gasteiger partial charge in [-0.1, -0.05) is 109 Å². The van der Waals surface area contributed by atoms with Crippen LogP contribution >= 0.6 is 0 Å². The van der Waals surface area contributed by atoms with Crippen molar-refractivity contribution >= 4 is 0 Å². The number of epoxide rings is 1. The first-order chi connectivity index (χ1) is 20.1. The van der Waals surface area contributed by atoms with Crippen molar-refractivity contribution in [2.24, 2.45) is 0 Å². The lowest BCUT2D eigenvalue weighted by Gasteiger charge is -2.06. The van der Waals surface area contributed by atoms with Gasteiger partial charge in [-0.15, -0.1) is 0 Å². The Morgan fingerprint density at radius 3 is 1.05 bits per heavy atom. The monoisotopic (exact) mass is 536 g/mol. The van der Waals surface area contributed by atoms with Crippen molar-refractivity contribution in [3.05, 3.63) is 165 Å². The van der Waals surface area contributed by atoms with Gasteiger partial charge in [0.05, 0.1) is 0 Å². The van der Waals surface area contributed by atoms with Gasteiger partial charge in [0.1, 0.15) is 35.2 Å². The summed E-state index contributed by atoms with van der Waals surface area (Å²) in [5, 5.41) is 0. The van der Waals surface area contributed by atoms with Crippen LogP contribution in [0.5, 0.6) is 0 Å². The Hall–Kier alpha value is -5.26. The highest BCUT2D eigenvalue weighted by molar-refractivity contribution is 5.64. The quantitative estimate of drug-likeness (QED) is 0.201. The molecule has 41 heavy (non-hydrogen) atoms. The van der Waals surface area contributed by atoms with E-state index in [-0.39, 0.29) is 23.1 Å². The highest BCUT2D eigenvalue weighted by Crippen LogP contribution is 2.51. The minimum atomic E-state index is -0.103. The average Bonchev–Trinajstić information content (AvgIpc) is 3.83. The number of ether oxygens (including phenoxy) is 1. The lowest BCUT2D eigenvalue weighted by atomic mass is 10.0. The van der Waals surface area contributed by atoms with Crippen LogP contribution in [-0.4, -0.2) is 0 Å². The number of rotatable bonds is 6. The van der Waals surface area contributed by atoms with Crippen LogP contribution in [0.3, 0.4) is 0 Å². The molecule has 5 heteroatoms. The molecule has 6 aromatic rings.